The topological polar surface area (TPSA) is 62.7 Å². The fourth-order valence-corrected chi connectivity index (χ4v) is 3.83. The van der Waals surface area contributed by atoms with E-state index in [9.17, 15) is 9.59 Å². The number of rotatable bonds is 3. The highest BCUT2D eigenvalue weighted by atomic mass is 16.6. The number of amides is 2. The van der Waals surface area contributed by atoms with Gasteiger partial charge in [-0.15, -0.1) is 0 Å². The highest BCUT2D eigenvalue weighted by Crippen LogP contribution is 2.24. The van der Waals surface area contributed by atoms with Gasteiger partial charge in [-0.2, -0.15) is 0 Å². The Labute approximate surface area is 172 Å². The highest BCUT2D eigenvalue weighted by molar-refractivity contribution is 6.06. The molecule has 0 spiro atoms. The number of carbonyl (C=O) groups is 2. The van der Waals surface area contributed by atoms with Crippen molar-refractivity contribution in [3.8, 4) is 0 Å². The first-order valence-corrected chi connectivity index (χ1v) is 10.3. The third kappa shape index (κ3) is 5.05. The first-order chi connectivity index (χ1) is 13.7. The zero-order valence-corrected chi connectivity index (χ0v) is 18.0. The van der Waals surface area contributed by atoms with Crippen molar-refractivity contribution in [2.24, 2.45) is 5.92 Å². The number of ether oxygens (including phenoxy) is 1. The predicted molar refractivity (Wildman–Crippen MR) is 114 cm³/mol. The van der Waals surface area contributed by atoms with Crippen LogP contribution >= 0.6 is 0 Å². The third-order valence-electron chi connectivity index (χ3n) is 5.05. The van der Waals surface area contributed by atoms with E-state index in [1.807, 2.05) is 49.9 Å². The zero-order chi connectivity index (χ0) is 21.2. The van der Waals surface area contributed by atoms with Crippen molar-refractivity contribution >= 4 is 22.8 Å². The summed E-state index contributed by atoms with van der Waals surface area (Å²) in [4.78, 5) is 33.8. The molecule has 29 heavy (non-hydrogen) atoms. The minimum Gasteiger partial charge on any atom is -0.444 e. The first-order valence-electron chi connectivity index (χ1n) is 10.3. The van der Waals surface area contributed by atoms with Crippen molar-refractivity contribution in [3.63, 3.8) is 0 Å². The van der Waals surface area contributed by atoms with Crippen LogP contribution in [0, 0.1) is 5.92 Å². The van der Waals surface area contributed by atoms with Crippen molar-refractivity contribution in [1.29, 1.82) is 0 Å². The number of hydrogen-bond donors (Lipinski definition) is 0. The summed E-state index contributed by atoms with van der Waals surface area (Å²) in [5.74, 6) is 0.406. The van der Waals surface area contributed by atoms with Gasteiger partial charge in [-0.3, -0.25) is 9.78 Å². The minimum absolute atomic E-state index is 0.000560. The number of fused-ring (bicyclic) bond motifs is 1. The molecule has 156 valence electrons. The molecule has 1 atom stereocenters. The molecule has 6 nitrogen and oxygen atoms in total. The molecule has 1 fully saturated rings. The zero-order valence-electron chi connectivity index (χ0n) is 18.0. The van der Waals surface area contributed by atoms with Gasteiger partial charge in [-0.25, -0.2) is 4.79 Å². The molecule has 3 rings (SSSR count). The van der Waals surface area contributed by atoms with Gasteiger partial charge in [0, 0.05) is 43.0 Å². The number of pyridine rings is 1. The van der Waals surface area contributed by atoms with Crippen molar-refractivity contribution in [2.45, 2.75) is 52.7 Å². The summed E-state index contributed by atoms with van der Waals surface area (Å²) in [6, 6.07) is 7.54. The van der Waals surface area contributed by atoms with Crippen molar-refractivity contribution in [3.05, 3.63) is 42.2 Å². The normalized spacial score (nSPS) is 17.7. The van der Waals surface area contributed by atoms with E-state index in [0.717, 1.165) is 17.2 Å². The lowest BCUT2D eigenvalue weighted by molar-refractivity contribution is -0.00354. The molecule has 1 aliphatic rings. The Kier molecular flexibility index (Phi) is 6.10. The van der Waals surface area contributed by atoms with Gasteiger partial charge in [0.2, 0.25) is 0 Å². The lowest BCUT2D eigenvalue weighted by atomic mass is 9.99. The van der Waals surface area contributed by atoms with Crippen molar-refractivity contribution in [2.75, 3.05) is 19.6 Å². The molecular formula is C23H31N3O3. The van der Waals surface area contributed by atoms with Crippen LogP contribution in [0.25, 0.3) is 10.8 Å². The van der Waals surface area contributed by atoms with Crippen LogP contribution in [0.4, 0.5) is 4.79 Å². The molecule has 0 bridgehead atoms. The van der Waals surface area contributed by atoms with Crippen LogP contribution in [0.5, 0.6) is 0 Å². The van der Waals surface area contributed by atoms with E-state index in [4.69, 9.17) is 4.74 Å². The molecule has 2 aromatic rings. The standard InChI is InChI=1S/C23H31N3O3/c1-16(2)13-18-15-25(11-12-26(18)22(28)29-23(3,4)5)21(27)20-8-6-7-17-14-24-10-9-19(17)20/h6-10,14,16,18H,11-13,15H2,1-5H3. The quantitative estimate of drug-likeness (QED) is 0.773. The van der Waals surface area contributed by atoms with E-state index < -0.39 is 5.60 Å². The van der Waals surface area contributed by atoms with Gasteiger partial charge in [-0.05, 0) is 50.6 Å². The lowest BCUT2D eigenvalue weighted by Gasteiger charge is -2.42. The van der Waals surface area contributed by atoms with E-state index in [0.29, 0.717) is 31.1 Å². The van der Waals surface area contributed by atoms with E-state index in [1.165, 1.54) is 0 Å². The number of hydrogen-bond acceptors (Lipinski definition) is 4. The number of piperazine rings is 1. The molecule has 1 aromatic carbocycles. The maximum Gasteiger partial charge on any atom is 0.410 e. The van der Waals surface area contributed by atoms with Crippen molar-refractivity contribution < 1.29 is 14.3 Å². The van der Waals surface area contributed by atoms with Gasteiger partial charge in [0.25, 0.3) is 5.91 Å². The molecular weight excluding hydrogens is 366 g/mol. The Morgan fingerprint density at radius 3 is 2.66 bits per heavy atom. The average Bonchev–Trinajstić information content (AvgIpc) is 2.65. The fourth-order valence-electron chi connectivity index (χ4n) is 3.83. The monoisotopic (exact) mass is 397 g/mol. The van der Waals surface area contributed by atoms with E-state index in [-0.39, 0.29) is 18.0 Å². The van der Waals surface area contributed by atoms with Gasteiger partial charge < -0.3 is 14.5 Å². The van der Waals surface area contributed by atoms with Gasteiger partial charge in [0.15, 0.2) is 0 Å². The second kappa shape index (κ2) is 8.39. The molecule has 2 heterocycles. The van der Waals surface area contributed by atoms with Crippen LogP contribution in [0.15, 0.2) is 36.7 Å². The molecule has 2 amide bonds. The van der Waals surface area contributed by atoms with Crippen LogP contribution in [0.2, 0.25) is 0 Å². The van der Waals surface area contributed by atoms with Gasteiger partial charge in [0.1, 0.15) is 5.60 Å². The van der Waals surface area contributed by atoms with Crippen LogP contribution in [0.1, 0.15) is 51.4 Å². The fraction of sp³-hybridized carbons (Fsp3) is 0.522. The van der Waals surface area contributed by atoms with E-state index in [1.54, 1.807) is 17.3 Å². The Balaban J connectivity index is 1.81. The molecule has 6 heteroatoms. The number of aromatic nitrogens is 1. The number of benzene rings is 1. The van der Waals surface area contributed by atoms with Gasteiger partial charge in [0.05, 0.1) is 6.04 Å². The summed E-state index contributed by atoms with van der Waals surface area (Å²) in [6.07, 6.45) is 4.00. The molecule has 0 radical (unpaired) electrons. The molecule has 1 saturated heterocycles. The highest BCUT2D eigenvalue weighted by Gasteiger charge is 2.35. The van der Waals surface area contributed by atoms with E-state index in [2.05, 4.69) is 18.8 Å². The van der Waals surface area contributed by atoms with E-state index >= 15 is 0 Å². The van der Waals surface area contributed by atoms with Crippen LogP contribution in [-0.2, 0) is 4.74 Å². The number of carbonyl (C=O) groups excluding carboxylic acids is 2. The second-order valence-corrected chi connectivity index (χ2v) is 9.11. The van der Waals surface area contributed by atoms with Gasteiger partial charge in [-0.1, -0.05) is 26.0 Å². The average molecular weight is 398 g/mol. The summed E-state index contributed by atoms with van der Waals surface area (Å²) < 4.78 is 5.60. The summed E-state index contributed by atoms with van der Waals surface area (Å²) >= 11 is 0. The van der Waals surface area contributed by atoms with Gasteiger partial charge >= 0.3 is 6.09 Å². The lowest BCUT2D eigenvalue weighted by Crippen LogP contribution is -2.57. The maximum atomic E-state index is 13.3. The summed E-state index contributed by atoms with van der Waals surface area (Å²) in [5, 5.41) is 1.85. The summed E-state index contributed by atoms with van der Waals surface area (Å²) in [6.45, 7) is 11.4. The van der Waals surface area contributed by atoms with Crippen LogP contribution in [-0.4, -0.2) is 58.1 Å². The number of nitrogens with zero attached hydrogens (tertiary/aromatic N) is 3. The summed E-state index contributed by atoms with van der Waals surface area (Å²) in [5.41, 5.74) is 0.141. The summed E-state index contributed by atoms with van der Waals surface area (Å²) in [7, 11) is 0. The molecule has 1 unspecified atom stereocenters. The molecule has 0 saturated carbocycles. The first kappa shape index (κ1) is 21.1. The molecule has 1 aromatic heterocycles. The van der Waals surface area contributed by atoms with Crippen LogP contribution < -0.4 is 0 Å². The van der Waals surface area contributed by atoms with Crippen LogP contribution in [0.3, 0.4) is 0 Å². The smallest absolute Gasteiger partial charge is 0.410 e. The Bertz CT molecular complexity index is 883. The Morgan fingerprint density at radius 1 is 1.21 bits per heavy atom. The molecule has 0 N–H and O–H groups in total. The largest absolute Gasteiger partial charge is 0.444 e. The molecule has 1 aliphatic heterocycles. The minimum atomic E-state index is -0.538. The third-order valence-corrected chi connectivity index (χ3v) is 5.05. The SMILES string of the molecule is CC(C)CC1CN(C(=O)c2cccc3cnccc23)CCN1C(=O)OC(C)(C)C. The Hall–Kier alpha value is -2.63. The Morgan fingerprint density at radius 2 is 1.97 bits per heavy atom. The predicted octanol–water partition coefficient (Wildman–Crippen LogP) is 4.34. The van der Waals surface area contributed by atoms with Crippen molar-refractivity contribution in [1.82, 2.24) is 14.8 Å². The maximum absolute atomic E-state index is 13.3. The molecule has 0 aliphatic carbocycles. The second-order valence-electron chi connectivity index (χ2n) is 9.11.